The van der Waals surface area contributed by atoms with Crippen molar-refractivity contribution in [3.05, 3.63) is 94.8 Å². The van der Waals surface area contributed by atoms with E-state index in [-0.39, 0.29) is 24.8 Å². The summed E-state index contributed by atoms with van der Waals surface area (Å²) in [7, 11) is 0. The van der Waals surface area contributed by atoms with Crippen LogP contribution >= 0.6 is 24.0 Å². The first kappa shape index (κ1) is 23.5. The summed E-state index contributed by atoms with van der Waals surface area (Å²) in [5.41, 5.74) is 0.173. The molecule has 9 heteroatoms. The molecule has 0 bridgehead atoms. The van der Waals surface area contributed by atoms with Crippen molar-refractivity contribution in [2.75, 3.05) is 0 Å². The van der Waals surface area contributed by atoms with Gasteiger partial charge in [-0.1, -0.05) is 35.9 Å². The third-order valence-electron chi connectivity index (χ3n) is 3.91. The van der Waals surface area contributed by atoms with E-state index in [1.807, 2.05) is 0 Å². The molecule has 0 aliphatic carbocycles. The van der Waals surface area contributed by atoms with Gasteiger partial charge in [-0.05, 0) is 36.4 Å². The highest BCUT2D eigenvalue weighted by Crippen LogP contribution is 2.33. The van der Waals surface area contributed by atoms with Crippen molar-refractivity contribution in [1.29, 1.82) is 0 Å². The van der Waals surface area contributed by atoms with Gasteiger partial charge in [-0.3, -0.25) is 4.98 Å². The molecule has 30 heavy (non-hydrogen) atoms. The Morgan fingerprint density at radius 1 is 1.07 bits per heavy atom. The molecular formula is C21H16Cl2F3NO3. The molecule has 0 saturated carbocycles. The first-order chi connectivity index (χ1) is 13.8. The fourth-order valence-electron chi connectivity index (χ4n) is 2.49. The zero-order chi connectivity index (χ0) is 20.9. The Labute approximate surface area is 182 Å². The Morgan fingerprint density at radius 3 is 2.43 bits per heavy atom. The van der Waals surface area contributed by atoms with Crippen LogP contribution in [0.15, 0.2) is 73.1 Å². The second kappa shape index (κ2) is 10.3. The maximum Gasteiger partial charge on any atom is 0.416 e. The number of benzene rings is 2. The summed E-state index contributed by atoms with van der Waals surface area (Å²) in [5.74, 6) is -0.869. The number of hydrogen-bond donors (Lipinski definition) is 0. The van der Waals surface area contributed by atoms with Crippen molar-refractivity contribution >= 4 is 30.0 Å². The molecule has 3 aromatic rings. The van der Waals surface area contributed by atoms with Crippen molar-refractivity contribution < 1.29 is 27.4 Å². The van der Waals surface area contributed by atoms with Crippen LogP contribution in [0.4, 0.5) is 13.2 Å². The van der Waals surface area contributed by atoms with E-state index in [0.717, 1.165) is 12.1 Å². The molecule has 1 unspecified atom stereocenters. The van der Waals surface area contributed by atoms with Crippen LogP contribution in [0.5, 0.6) is 5.75 Å². The highest BCUT2D eigenvalue weighted by Gasteiger charge is 2.31. The predicted molar refractivity (Wildman–Crippen MR) is 108 cm³/mol. The van der Waals surface area contributed by atoms with Crippen molar-refractivity contribution in [2.45, 2.75) is 18.9 Å². The van der Waals surface area contributed by atoms with Crippen LogP contribution in [0.2, 0.25) is 5.02 Å². The average molecular weight is 458 g/mol. The molecule has 0 aliphatic rings. The Morgan fingerprint density at radius 2 is 1.80 bits per heavy atom. The van der Waals surface area contributed by atoms with Crippen molar-refractivity contribution in [1.82, 2.24) is 4.98 Å². The van der Waals surface area contributed by atoms with E-state index in [0.29, 0.717) is 16.1 Å². The molecule has 1 heterocycles. The van der Waals surface area contributed by atoms with Gasteiger partial charge in [0, 0.05) is 28.5 Å². The van der Waals surface area contributed by atoms with E-state index in [4.69, 9.17) is 21.1 Å². The highest BCUT2D eigenvalue weighted by molar-refractivity contribution is 6.30. The van der Waals surface area contributed by atoms with Crippen LogP contribution < -0.4 is 4.74 Å². The quantitative estimate of drug-likeness (QED) is 0.423. The van der Waals surface area contributed by atoms with Crippen LogP contribution in [-0.4, -0.2) is 11.0 Å². The first-order valence-corrected chi connectivity index (χ1v) is 8.85. The number of hydrogen-bond acceptors (Lipinski definition) is 4. The van der Waals surface area contributed by atoms with Crippen LogP contribution in [0.3, 0.4) is 0 Å². The molecule has 1 aromatic heterocycles. The lowest BCUT2D eigenvalue weighted by atomic mass is 10.1. The number of alkyl halides is 3. The normalized spacial score (nSPS) is 11.9. The summed E-state index contributed by atoms with van der Waals surface area (Å²) >= 11 is 5.88. The van der Waals surface area contributed by atoms with Gasteiger partial charge in [-0.15, -0.1) is 12.4 Å². The Kier molecular flexibility index (Phi) is 8.08. The summed E-state index contributed by atoms with van der Waals surface area (Å²) in [4.78, 5) is 16.6. The van der Waals surface area contributed by atoms with E-state index in [2.05, 4.69) is 4.98 Å². The minimum Gasteiger partial charge on any atom is -0.474 e. The number of esters is 1. The third-order valence-corrected chi connectivity index (χ3v) is 4.16. The molecule has 0 radical (unpaired) electrons. The summed E-state index contributed by atoms with van der Waals surface area (Å²) in [6, 6.07) is 13.9. The average Bonchev–Trinajstić information content (AvgIpc) is 2.71. The lowest BCUT2D eigenvalue weighted by molar-refractivity contribution is -0.153. The van der Waals surface area contributed by atoms with Gasteiger partial charge in [0.25, 0.3) is 0 Å². The Bertz CT molecular complexity index is 967. The van der Waals surface area contributed by atoms with Crippen LogP contribution in [-0.2, 0) is 22.3 Å². The van der Waals surface area contributed by atoms with Gasteiger partial charge in [0.05, 0.1) is 5.56 Å². The number of carbonyl (C=O) groups is 1. The maximum absolute atomic E-state index is 13.0. The number of carbonyl (C=O) groups excluding carboxylic acids is 1. The Hall–Kier alpha value is -2.77. The largest absolute Gasteiger partial charge is 0.474 e. The lowest BCUT2D eigenvalue weighted by Crippen LogP contribution is -2.21. The third kappa shape index (κ3) is 6.37. The zero-order valence-corrected chi connectivity index (χ0v) is 16.9. The van der Waals surface area contributed by atoms with Gasteiger partial charge in [0.2, 0.25) is 6.10 Å². The second-order valence-corrected chi connectivity index (χ2v) is 6.48. The molecule has 4 nitrogen and oxygen atoms in total. The molecule has 3 rings (SSSR count). The molecule has 0 fully saturated rings. The van der Waals surface area contributed by atoms with E-state index >= 15 is 0 Å². The monoisotopic (exact) mass is 457 g/mol. The van der Waals surface area contributed by atoms with Crippen LogP contribution in [0, 0.1) is 0 Å². The van der Waals surface area contributed by atoms with E-state index in [1.165, 1.54) is 18.3 Å². The topological polar surface area (TPSA) is 48.4 Å². The number of rotatable bonds is 6. The van der Waals surface area contributed by atoms with Gasteiger partial charge in [-0.2, -0.15) is 13.2 Å². The molecule has 0 aliphatic heterocycles. The minimum atomic E-state index is -4.53. The minimum absolute atomic E-state index is 0. The fraction of sp³-hybridized carbons (Fsp3) is 0.143. The summed E-state index contributed by atoms with van der Waals surface area (Å²) < 4.78 is 49.8. The maximum atomic E-state index is 13.0. The van der Waals surface area contributed by atoms with E-state index in [9.17, 15) is 18.0 Å². The van der Waals surface area contributed by atoms with Gasteiger partial charge >= 0.3 is 12.1 Å². The summed E-state index contributed by atoms with van der Waals surface area (Å²) in [6.07, 6.45) is -2.68. The molecule has 2 aromatic carbocycles. The van der Waals surface area contributed by atoms with Crippen LogP contribution in [0.1, 0.15) is 22.8 Å². The molecular weight excluding hydrogens is 442 g/mol. The van der Waals surface area contributed by atoms with Crippen LogP contribution in [0.25, 0.3) is 0 Å². The summed E-state index contributed by atoms with van der Waals surface area (Å²) in [5, 5.41) is 0.440. The van der Waals surface area contributed by atoms with E-state index < -0.39 is 23.8 Å². The first-order valence-electron chi connectivity index (χ1n) is 8.48. The standard InChI is InChI=1S/C21H15ClF3NO3.ClH/c22-17-8-6-15(7-9-17)19(20(27)28-13-14-3-2-10-26-12-14)29-18-5-1-4-16(11-18)21(23,24)25;/h1-12,19H,13H2;1H. The predicted octanol–water partition coefficient (Wildman–Crippen LogP) is 6.04. The SMILES string of the molecule is Cl.O=C(OCc1cccnc1)C(Oc1cccc(C(F)(F)F)c1)c1ccc(Cl)cc1. The number of aromatic nitrogens is 1. The number of pyridine rings is 1. The van der Waals surface area contributed by atoms with Gasteiger partial charge < -0.3 is 9.47 Å². The zero-order valence-electron chi connectivity index (χ0n) is 15.3. The second-order valence-electron chi connectivity index (χ2n) is 6.04. The highest BCUT2D eigenvalue weighted by atomic mass is 35.5. The van der Waals surface area contributed by atoms with Gasteiger partial charge in [0.15, 0.2) is 0 Å². The van der Waals surface area contributed by atoms with Gasteiger partial charge in [-0.25, -0.2) is 4.79 Å². The number of halogens is 5. The molecule has 0 N–H and O–H groups in total. The molecule has 0 amide bonds. The Balaban J connectivity index is 0.00000320. The fourth-order valence-corrected chi connectivity index (χ4v) is 2.61. The van der Waals surface area contributed by atoms with Crippen molar-refractivity contribution in [2.24, 2.45) is 0 Å². The summed E-state index contributed by atoms with van der Waals surface area (Å²) in [6.45, 7) is -0.0529. The molecule has 0 spiro atoms. The smallest absolute Gasteiger partial charge is 0.416 e. The lowest BCUT2D eigenvalue weighted by Gasteiger charge is -2.19. The van der Waals surface area contributed by atoms with Crippen molar-refractivity contribution in [3.8, 4) is 5.75 Å². The number of nitrogens with zero attached hydrogens (tertiary/aromatic N) is 1. The molecule has 0 saturated heterocycles. The van der Waals surface area contributed by atoms with Crippen molar-refractivity contribution in [3.63, 3.8) is 0 Å². The van der Waals surface area contributed by atoms with E-state index in [1.54, 1.807) is 42.6 Å². The van der Waals surface area contributed by atoms with Gasteiger partial charge in [0.1, 0.15) is 12.4 Å². The number of ether oxygens (including phenoxy) is 2. The molecule has 158 valence electrons. The molecule has 1 atom stereocenters.